The Hall–Kier alpha value is -1.91. The predicted octanol–water partition coefficient (Wildman–Crippen LogP) is -1.06. The number of benzene rings is 1. The van der Waals surface area contributed by atoms with Gasteiger partial charge in [0.25, 0.3) is 0 Å². The molecule has 5 N–H and O–H groups in total. The van der Waals surface area contributed by atoms with Gasteiger partial charge in [-0.05, 0) is 30.5 Å². The van der Waals surface area contributed by atoms with Crippen molar-refractivity contribution in [2.75, 3.05) is 20.8 Å². The van der Waals surface area contributed by atoms with Crippen LogP contribution in [0.1, 0.15) is 18.4 Å². The maximum absolute atomic E-state index is 12.1. The van der Waals surface area contributed by atoms with E-state index in [1.54, 1.807) is 20.3 Å². The Labute approximate surface area is 157 Å². The Morgan fingerprint density at radius 1 is 1.11 bits per heavy atom. The minimum absolute atomic E-state index is 0.170. The maximum atomic E-state index is 12.1. The highest BCUT2D eigenvalue weighted by atomic mass is 16.6. The Bertz CT molecular complexity index is 623. The molecule has 0 saturated carbocycles. The number of ether oxygens (including phenoxy) is 3. The summed E-state index contributed by atoms with van der Waals surface area (Å²) in [6.45, 7) is -0.545. The molecular weight excluding hydrogens is 358 g/mol. The Balaban J connectivity index is 1.84. The van der Waals surface area contributed by atoms with Crippen molar-refractivity contribution in [1.82, 2.24) is 5.32 Å². The van der Waals surface area contributed by atoms with Gasteiger partial charge in [-0.15, -0.1) is 0 Å². The maximum Gasteiger partial charge on any atom is 0.222 e. The molecule has 0 bridgehead atoms. The van der Waals surface area contributed by atoms with Crippen molar-refractivity contribution in [3.8, 4) is 11.5 Å². The molecular formula is C18H27NO8. The fourth-order valence-electron chi connectivity index (χ4n) is 2.94. The lowest BCUT2D eigenvalue weighted by Crippen LogP contribution is -2.63. The van der Waals surface area contributed by atoms with Gasteiger partial charge in [0.15, 0.2) is 17.7 Å². The van der Waals surface area contributed by atoms with E-state index >= 15 is 0 Å². The molecule has 0 aromatic heterocycles. The van der Waals surface area contributed by atoms with Crippen LogP contribution >= 0.6 is 0 Å². The molecule has 0 spiro atoms. The number of aliphatic hydroxyl groups is 4. The molecule has 1 aliphatic rings. The molecule has 1 aliphatic heterocycles. The minimum atomic E-state index is -1.52. The van der Waals surface area contributed by atoms with Gasteiger partial charge in [0.2, 0.25) is 5.91 Å². The predicted molar refractivity (Wildman–Crippen MR) is 94.4 cm³/mol. The first-order valence-corrected chi connectivity index (χ1v) is 8.72. The first-order valence-electron chi connectivity index (χ1n) is 8.72. The molecule has 1 saturated heterocycles. The molecule has 1 aromatic rings. The van der Waals surface area contributed by atoms with E-state index in [4.69, 9.17) is 19.3 Å². The number of rotatable bonds is 8. The third kappa shape index (κ3) is 5.30. The SMILES string of the molecule is COc1ccc(CCCC(=O)N[C@@H]2O[C@H](CO)[C@H](O)[C@H](O)[C@H]2O)cc1OC. The summed E-state index contributed by atoms with van der Waals surface area (Å²) in [5.41, 5.74) is 0.980. The van der Waals surface area contributed by atoms with Crippen molar-refractivity contribution >= 4 is 5.91 Å². The van der Waals surface area contributed by atoms with Crippen LogP contribution in [0.3, 0.4) is 0 Å². The number of carbonyl (C=O) groups is 1. The van der Waals surface area contributed by atoms with E-state index in [0.717, 1.165) is 5.56 Å². The molecule has 0 unspecified atom stereocenters. The second-order valence-corrected chi connectivity index (χ2v) is 6.36. The number of aliphatic hydroxyl groups excluding tert-OH is 4. The van der Waals surface area contributed by atoms with Crippen molar-refractivity contribution < 1.29 is 39.4 Å². The van der Waals surface area contributed by atoms with E-state index in [-0.39, 0.29) is 12.3 Å². The highest BCUT2D eigenvalue weighted by molar-refractivity contribution is 5.76. The summed E-state index contributed by atoms with van der Waals surface area (Å²) in [6.07, 6.45) is -5.38. The first kappa shape index (κ1) is 21.4. The lowest BCUT2D eigenvalue weighted by molar-refractivity contribution is -0.236. The summed E-state index contributed by atoms with van der Waals surface area (Å²) in [5, 5.41) is 41.0. The van der Waals surface area contributed by atoms with E-state index in [1.807, 2.05) is 12.1 Å². The highest BCUT2D eigenvalue weighted by Crippen LogP contribution is 2.28. The standard InChI is InChI=1S/C18H27NO8/c1-25-11-7-6-10(8-12(11)26-2)4-3-5-14(21)19-18-17(24)16(23)15(22)13(9-20)27-18/h6-8,13,15-18,20,22-24H,3-5,9H2,1-2H3,(H,19,21)/t13-,15+,16+,17-,18-/m1/s1. The molecule has 0 radical (unpaired) electrons. The summed E-state index contributed by atoms with van der Waals surface area (Å²) in [6, 6.07) is 5.52. The number of nitrogens with one attached hydrogen (secondary N) is 1. The van der Waals surface area contributed by atoms with E-state index in [9.17, 15) is 20.1 Å². The molecule has 9 nitrogen and oxygen atoms in total. The zero-order chi connectivity index (χ0) is 20.0. The van der Waals surface area contributed by atoms with Crippen LogP contribution in [0.2, 0.25) is 0 Å². The van der Waals surface area contributed by atoms with E-state index < -0.39 is 37.3 Å². The van der Waals surface area contributed by atoms with E-state index in [1.165, 1.54) is 0 Å². The van der Waals surface area contributed by atoms with Gasteiger partial charge in [-0.3, -0.25) is 4.79 Å². The molecule has 152 valence electrons. The fourth-order valence-corrected chi connectivity index (χ4v) is 2.94. The van der Waals surface area contributed by atoms with Gasteiger partial charge >= 0.3 is 0 Å². The Kier molecular flexibility index (Phi) is 7.81. The largest absolute Gasteiger partial charge is 0.493 e. The number of methoxy groups -OCH3 is 2. The third-order valence-electron chi connectivity index (χ3n) is 4.51. The summed E-state index contributed by atoms with van der Waals surface area (Å²) in [5.74, 6) is 0.863. The van der Waals surface area contributed by atoms with Crippen molar-refractivity contribution in [2.45, 2.75) is 49.9 Å². The molecule has 5 atom stereocenters. The van der Waals surface area contributed by atoms with Crippen LogP contribution in [-0.2, 0) is 16.0 Å². The number of aryl methyl sites for hydroxylation is 1. The molecule has 27 heavy (non-hydrogen) atoms. The van der Waals surface area contributed by atoms with Gasteiger partial charge in [-0.1, -0.05) is 6.07 Å². The van der Waals surface area contributed by atoms with Crippen LogP contribution in [0.5, 0.6) is 11.5 Å². The third-order valence-corrected chi connectivity index (χ3v) is 4.51. The molecule has 1 fully saturated rings. The van der Waals surface area contributed by atoms with Gasteiger partial charge in [-0.2, -0.15) is 0 Å². The fraction of sp³-hybridized carbons (Fsp3) is 0.611. The molecule has 0 aliphatic carbocycles. The molecule has 2 rings (SSSR count). The van der Waals surface area contributed by atoms with Crippen LogP contribution in [0, 0.1) is 0 Å². The van der Waals surface area contributed by atoms with Crippen molar-refractivity contribution in [1.29, 1.82) is 0 Å². The lowest BCUT2D eigenvalue weighted by atomic mass is 9.98. The highest BCUT2D eigenvalue weighted by Gasteiger charge is 2.43. The monoisotopic (exact) mass is 385 g/mol. The topological polar surface area (TPSA) is 138 Å². The normalized spacial score (nSPS) is 27.9. The van der Waals surface area contributed by atoms with Crippen LogP contribution in [-0.4, -0.2) is 77.8 Å². The quantitative estimate of drug-likeness (QED) is 0.382. The summed E-state index contributed by atoms with van der Waals surface area (Å²) in [7, 11) is 3.11. The average Bonchev–Trinajstić information content (AvgIpc) is 2.68. The van der Waals surface area contributed by atoms with Crippen LogP contribution < -0.4 is 14.8 Å². The van der Waals surface area contributed by atoms with Crippen LogP contribution in [0.15, 0.2) is 18.2 Å². The van der Waals surface area contributed by atoms with Crippen LogP contribution in [0.25, 0.3) is 0 Å². The van der Waals surface area contributed by atoms with Gasteiger partial charge in [0.05, 0.1) is 20.8 Å². The van der Waals surface area contributed by atoms with Crippen molar-refractivity contribution in [3.05, 3.63) is 23.8 Å². The van der Waals surface area contributed by atoms with Crippen molar-refractivity contribution in [2.24, 2.45) is 0 Å². The first-order chi connectivity index (χ1) is 12.9. The van der Waals surface area contributed by atoms with Gasteiger partial charge in [0.1, 0.15) is 24.4 Å². The Morgan fingerprint density at radius 2 is 1.81 bits per heavy atom. The number of hydrogen-bond acceptors (Lipinski definition) is 8. The summed E-state index contributed by atoms with van der Waals surface area (Å²) in [4.78, 5) is 12.1. The summed E-state index contributed by atoms with van der Waals surface area (Å²) >= 11 is 0. The Morgan fingerprint density at radius 3 is 2.44 bits per heavy atom. The molecule has 1 amide bonds. The molecule has 9 heteroatoms. The average molecular weight is 385 g/mol. The number of hydrogen-bond donors (Lipinski definition) is 5. The second kappa shape index (κ2) is 9.86. The smallest absolute Gasteiger partial charge is 0.222 e. The zero-order valence-corrected chi connectivity index (χ0v) is 15.4. The summed E-state index contributed by atoms with van der Waals surface area (Å²) < 4.78 is 15.7. The molecule has 1 heterocycles. The second-order valence-electron chi connectivity index (χ2n) is 6.36. The van der Waals surface area contributed by atoms with Crippen molar-refractivity contribution in [3.63, 3.8) is 0 Å². The van der Waals surface area contributed by atoms with E-state index in [2.05, 4.69) is 5.32 Å². The van der Waals surface area contributed by atoms with E-state index in [0.29, 0.717) is 24.3 Å². The zero-order valence-electron chi connectivity index (χ0n) is 15.4. The number of carbonyl (C=O) groups excluding carboxylic acids is 1. The van der Waals surface area contributed by atoms with Gasteiger partial charge in [0, 0.05) is 6.42 Å². The molecule has 1 aromatic carbocycles. The number of amides is 1. The lowest BCUT2D eigenvalue weighted by Gasteiger charge is -2.40. The van der Waals surface area contributed by atoms with Gasteiger partial charge in [-0.25, -0.2) is 0 Å². The van der Waals surface area contributed by atoms with Gasteiger partial charge < -0.3 is 40.0 Å². The van der Waals surface area contributed by atoms with Crippen LogP contribution in [0.4, 0.5) is 0 Å². The minimum Gasteiger partial charge on any atom is -0.493 e.